The fourth-order valence-electron chi connectivity index (χ4n) is 2.15. The molecule has 21 heavy (non-hydrogen) atoms. The quantitative estimate of drug-likeness (QED) is 0.806. The average molecular weight is 287 g/mol. The summed E-state index contributed by atoms with van der Waals surface area (Å²) in [6.45, 7) is 6.10. The number of H-pyrrole nitrogens is 1. The summed E-state index contributed by atoms with van der Waals surface area (Å²) in [6, 6.07) is 7.40. The van der Waals surface area contributed by atoms with Gasteiger partial charge in [0, 0.05) is 41.2 Å². The van der Waals surface area contributed by atoms with Crippen LogP contribution in [0.15, 0.2) is 30.5 Å². The fraction of sp³-hybridized carbons (Fsp3) is 0.375. The van der Waals surface area contributed by atoms with Crippen LogP contribution in [0, 0.1) is 0 Å². The molecule has 1 heterocycles. The van der Waals surface area contributed by atoms with Crippen LogP contribution >= 0.6 is 0 Å². The number of carbonyl (C=O) groups is 2. The van der Waals surface area contributed by atoms with Crippen LogP contribution in [0.3, 0.4) is 0 Å². The number of rotatable bonds is 4. The normalized spacial score (nSPS) is 11.4. The molecule has 0 aliphatic carbocycles. The molecule has 112 valence electrons. The van der Waals surface area contributed by atoms with Crippen LogP contribution in [0.25, 0.3) is 10.9 Å². The van der Waals surface area contributed by atoms with E-state index in [9.17, 15) is 9.59 Å². The third-order valence-corrected chi connectivity index (χ3v) is 2.99. The van der Waals surface area contributed by atoms with Crippen molar-refractivity contribution in [2.45, 2.75) is 32.7 Å². The van der Waals surface area contributed by atoms with E-state index >= 15 is 0 Å². The topological polar surface area (TPSA) is 74.0 Å². The Balaban J connectivity index is 1.91. The molecule has 0 saturated heterocycles. The van der Waals surface area contributed by atoms with Crippen LogP contribution in [-0.2, 0) is 4.79 Å². The maximum absolute atomic E-state index is 12.2. The van der Waals surface area contributed by atoms with Crippen LogP contribution in [0.1, 0.15) is 37.6 Å². The maximum atomic E-state index is 12.2. The van der Waals surface area contributed by atoms with E-state index in [0.29, 0.717) is 12.1 Å². The van der Waals surface area contributed by atoms with Crippen LogP contribution in [0.2, 0.25) is 0 Å². The van der Waals surface area contributed by atoms with Gasteiger partial charge >= 0.3 is 0 Å². The van der Waals surface area contributed by atoms with Gasteiger partial charge in [-0.25, -0.2) is 0 Å². The molecule has 0 spiro atoms. The number of fused-ring (bicyclic) bond motifs is 1. The van der Waals surface area contributed by atoms with Gasteiger partial charge in [0.05, 0.1) is 0 Å². The van der Waals surface area contributed by atoms with E-state index in [0.717, 1.165) is 10.9 Å². The zero-order valence-corrected chi connectivity index (χ0v) is 12.6. The van der Waals surface area contributed by atoms with Crippen LogP contribution in [0.5, 0.6) is 0 Å². The van der Waals surface area contributed by atoms with E-state index in [-0.39, 0.29) is 23.8 Å². The van der Waals surface area contributed by atoms with Crippen molar-refractivity contribution in [2.24, 2.45) is 0 Å². The smallest absolute Gasteiger partial charge is 0.251 e. The van der Waals surface area contributed by atoms with Gasteiger partial charge in [-0.15, -0.1) is 0 Å². The Hall–Kier alpha value is -2.30. The maximum Gasteiger partial charge on any atom is 0.251 e. The number of nitrogens with one attached hydrogen (secondary N) is 3. The molecule has 5 heteroatoms. The van der Waals surface area contributed by atoms with Gasteiger partial charge < -0.3 is 15.6 Å². The molecule has 0 atom stereocenters. The van der Waals surface area contributed by atoms with Crippen LogP contribution in [0.4, 0.5) is 0 Å². The molecule has 2 rings (SSSR count). The lowest BCUT2D eigenvalue weighted by molar-refractivity contribution is -0.122. The van der Waals surface area contributed by atoms with Crippen molar-refractivity contribution in [3.05, 3.63) is 36.0 Å². The monoisotopic (exact) mass is 287 g/mol. The highest BCUT2D eigenvalue weighted by Gasteiger charge is 2.14. The second-order valence-electron chi connectivity index (χ2n) is 6.05. The highest BCUT2D eigenvalue weighted by atomic mass is 16.2. The first-order chi connectivity index (χ1) is 9.87. The zero-order valence-electron chi connectivity index (χ0n) is 12.6. The number of hydrogen-bond donors (Lipinski definition) is 3. The second-order valence-corrected chi connectivity index (χ2v) is 6.05. The number of aromatic nitrogens is 1. The SMILES string of the molecule is CC(C)(C)NC(=O)CCNC(=O)c1cccc2[nH]ccc12. The molecule has 0 aliphatic heterocycles. The van der Waals surface area contributed by atoms with Crippen molar-refractivity contribution in [2.75, 3.05) is 6.54 Å². The fourth-order valence-corrected chi connectivity index (χ4v) is 2.15. The summed E-state index contributed by atoms with van der Waals surface area (Å²) in [7, 11) is 0. The van der Waals surface area contributed by atoms with E-state index in [1.54, 1.807) is 12.3 Å². The molecule has 0 fully saturated rings. The standard InChI is InChI=1S/C16H21N3O2/c1-16(2,3)19-14(20)8-10-18-15(21)12-5-4-6-13-11(12)7-9-17-13/h4-7,9,17H,8,10H2,1-3H3,(H,18,21)(H,19,20). The van der Waals surface area contributed by atoms with Gasteiger partial charge in [-0.2, -0.15) is 0 Å². The van der Waals surface area contributed by atoms with Gasteiger partial charge in [0.25, 0.3) is 5.91 Å². The minimum absolute atomic E-state index is 0.0670. The van der Waals surface area contributed by atoms with Crippen molar-refractivity contribution in [3.8, 4) is 0 Å². The second kappa shape index (κ2) is 5.99. The summed E-state index contributed by atoms with van der Waals surface area (Å²) in [4.78, 5) is 26.9. The predicted octanol–water partition coefficient (Wildman–Crippen LogP) is 2.20. The molecular weight excluding hydrogens is 266 g/mol. The summed E-state index contributed by atoms with van der Waals surface area (Å²) >= 11 is 0. The molecule has 3 N–H and O–H groups in total. The third kappa shape index (κ3) is 4.08. The molecule has 0 unspecified atom stereocenters. The molecule has 0 bridgehead atoms. The first-order valence-corrected chi connectivity index (χ1v) is 7.02. The predicted molar refractivity (Wildman–Crippen MR) is 83.1 cm³/mol. The number of amides is 2. The van der Waals surface area contributed by atoms with Crippen molar-refractivity contribution >= 4 is 22.7 Å². The van der Waals surface area contributed by atoms with Gasteiger partial charge in [-0.3, -0.25) is 9.59 Å². The highest BCUT2D eigenvalue weighted by molar-refractivity contribution is 6.06. The third-order valence-electron chi connectivity index (χ3n) is 2.99. The first-order valence-electron chi connectivity index (χ1n) is 7.02. The Morgan fingerprint density at radius 1 is 1.19 bits per heavy atom. The largest absolute Gasteiger partial charge is 0.361 e. The minimum atomic E-state index is -0.252. The van der Waals surface area contributed by atoms with E-state index in [4.69, 9.17) is 0 Å². The Labute approximate surface area is 124 Å². The summed E-state index contributed by atoms with van der Waals surface area (Å²) in [5.74, 6) is -0.230. The lowest BCUT2D eigenvalue weighted by atomic mass is 10.1. The molecule has 0 radical (unpaired) electrons. The summed E-state index contributed by atoms with van der Waals surface area (Å²) < 4.78 is 0. The average Bonchev–Trinajstić information content (AvgIpc) is 2.84. The van der Waals surface area contributed by atoms with Crippen molar-refractivity contribution < 1.29 is 9.59 Å². The Morgan fingerprint density at radius 2 is 1.95 bits per heavy atom. The Morgan fingerprint density at radius 3 is 2.67 bits per heavy atom. The lowest BCUT2D eigenvalue weighted by Crippen LogP contribution is -2.42. The van der Waals surface area contributed by atoms with Gasteiger partial charge in [0.2, 0.25) is 5.91 Å². The number of hydrogen-bond acceptors (Lipinski definition) is 2. The van der Waals surface area contributed by atoms with Crippen molar-refractivity contribution in [3.63, 3.8) is 0 Å². The minimum Gasteiger partial charge on any atom is -0.361 e. The summed E-state index contributed by atoms with van der Waals surface area (Å²) in [5, 5.41) is 6.53. The molecule has 0 saturated carbocycles. The van der Waals surface area contributed by atoms with Gasteiger partial charge in [-0.1, -0.05) is 6.07 Å². The molecule has 5 nitrogen and oxygen atoms in total. The highest BCUT2D eigenvalue weighted by Crippen LogP contribution is 2.17. The first kappa shape index (κ1) is 15.1. The molecule has 2 aromatic rings. The van der Waals surface area contributed by atoms with E-state index < -0.39 is 0 Å². The molecule has 1 aromatic heterocycles. The number of benzene rings is 1. The van der Waals surface area contributed by atoms with Crippen LogP contribution in [-0.4, -0.2) is 28.9 Å². The number of carbonyl (C=O) groups excluding carboxylic acids is 2. The zero-order chi connectivity index (χ0) is 15.5. The molecule has 1 aromatic carbocycles. The lowest BCUT2D eigenvalue weighted by Gasteiger charge is -2.20. The van der Waals surface area contributed by atoms with Crippen LogP contribution < -0.4 is 10.6 Å². The summed E-state index contributed by atoms with van der Waals surface area (Å²) in [6.07, 6.45) is 2.07. The van der Waals surface area contributed by atoms with Gasteiger partial charge in [-0.05, 0) is 39.0 Å². The van der Waals surface area contributed by atoms with Crippen molar-refractivity contribution in [1.82, 2.24) is 15.6 Å². The van der Waals surface area contributed by atoms with E-state index in [1.807, 2.05) is 39.0 Å². The molecule has 2 amide bonds. The summed E-state index contributed by atoms with van der Waals surface area (Å²) in [5.41, 5.74) is 1.29. The van der Waals surface area contributed by atoms with E-state index in [1.165, 1.54) is 0 Å². The van der Waals surface area contributed by atoms with Gasteiger partial charge in [0.15, 0.2) is 0 Å². The van der Waals surface area contributed by atoms with Crippen molar-refractivity contribution in [1.29, 1.82) is 0 Å². The Bertz CT molecular complexity index is 653. The number of aromatic amines is 1. The van der Waals surface area contributed by atoms with Gasteiger partial charge in [0.1, 0.15) is 0 Å². The van der Waals surface area contributed by atoms with E-state index in [2.05, 4.69) is 15.6 Å². The molecular formula is C16H21N3O2. The molecule has 0 aliphatic rings. The Kier molecular flexibility index (Phi) is 4.31.